The number of furan rings is 1. The fourth-order valence-corrected chi connectivity index (χ4v) is 3.66. The van der Waals surface area contributed by atoms with Crippen LogP contribution in [0.4, 0.5) is 5.82 Å². The zero-order chi connectivity index (χ0) is 23.5. The highest BCUT2D eigenvalue weighted by atomic mass is 16.3. The van der Waals surface area contributed by atoms with E-state index in [9.17, 15) is 9.59 Å². The van der Waals surface area contributed by atoms with Gasteiger partial charge in [-0.1, -0.05) is 54.6 Å². The van der Waals surface area contributed by atoms with Crippen molar-refractivity contribution < 1.29 is 9.21 Å². The van der Waals surface area contributed by atoms with Gasteiger partial charge in [0, 0.05) is 17.8 Å². The van der Waals surface area contributed by atoms with Crippen molar-refractivity contribution in [1.29, 1.82) is 0 Å². The zero-order valence-corrected chi connectivity index (χ0v) is 18.4. The molecule has 2 aromatic carbocycles. The summed E-state index contributed by atoms with van der Waals surface area (Å²) in [5.41, 5.74) is 3.79. The topological polar surface area (TPSA) is 106 Å². The largest absolute Gasteiger partial charge is 0.463 e. The molecule has 0 saturated carbocycles. The molecule has 0 bridgehead atoms. The van der Waals surface area contributed by atoms with Gasteiger partial charge in [0.15, 0.2) is 5.76 Å². The molecule has 5 rings (SSSR count). The van der Waals surface area contributed by atoms with E-state index in [0.717, 1.165) is 16.7 Å². The first-order valence-corrected chi connectivity index (χ1v) is 10.7. The summed E-state index contributed by atoms with van der Waals surface area (Å²) in [6.07, 6.45) is 1.71. The van der Waals surface area contributed by atoms with E-state index < -0.39 is 0 Å². The van der Waals surface area contributed by atoms with Crippen LogP contribution in [0.25, 0.3) is 28.5 Å². The Morgan fingerprint density at radius 3 is 2.47 bits per heavy atom. The minimum absolute atomic E-state index is 0.175. The summed E-state index contributed by atoms with van der Waals surface area (Å²) in [6, 6.07) is 24.5. The second-order valence-electron chi connectivity index (χ2n) is 7.80. The van der Waals surface area contributed by atoms with Crippen LogP contribution in [-0.2, 0) is 11.2 Å². The number of H-pyrrole nitrogens is 1. The minimum atomic E-state index is -0.312. The number of aromatic amines is 1. The Labute approximate surface area is 194 Å². The van der Waals surface area contributed by atoms with Gasteiger partial charge in [-0.05, 0) is 35.7 Å². The van der Waals surface area contributed by atoms with Crippen LogP contribution in [0.3, 0.4) is 0 Å². The Morgan fingerprint density at radius 2 is 1.76 bits per heavy atom. The Kier molecular flexibility index (Phi) is 5.61. The summed E-state index contributed by atoms with van der Waals surface area (Å²) in [5, 5.41) is 7.37. The van der Waals surface area contributed by atoms with Crippen LogP contribution in [-0.4, -0.2) is 25.7 Å². The lowest BCUT2D eigenvalue weighted by Crippen LogP contribution is -2.20. The summed E-state index contributed by atoms with van der Waals surface area (Å²) in [5.74, 6) is 0.867. The molecule has 0 radical (unpaired) electrons. The number of hydrogen-bond acceptors (Lipinski definition) is 5. The second-order valence-corrected chi connectivity index (χ2v) is 7.80. The average Bonchev–Trinajstić information content (AvgIpc) is 3.50. The Hall–Kier alpha value is -4.72. The van der Waals surface area contributed by atoms with Gasteiger partial charge < -0.3 is 9.73 Å². The first-order valence-electron chi connectivity index (χ1n) is 10.7. The van der Waals surface area contributed by atoms with Crippen molar-refractivity contribution in [1.82, 2.24) is 19.7 Å². The molecule has 1 amide bonds. The maximum atomic E-state index is 12.9. The molecule has 0 unspecified atom stereocenters. The van der Waals surface area contributed by atoms with E-state index in [4.69, 9.17) is 4.42 Å². The number of carbonyl (C=O) groups is 1. The van der Waals surface area contributed by atoms with Gasteiger partial charge >= 0.3 is 0 Å². The minimum Gasteiger partial charge on any atom is -0.463 e. The molecule has 0 aliphatic carbocycles. The normalized spacial score (nSPS) is 10.9. The number of aromatic nitrogens is 4. The lowest BCUT2D eigenvalue weighted by atomic mass is 10.0. The zero-order valence-electron chi connectivity index (χ0n) is 18.4. The maximum absolute atomic E-state index is 12.9. The van der Waals surface area contributed by atoms with Gasteiger partial charge in [-0.25, -0.2) is 4.98 Å². The molecule has 0 aliphatic heterocycles. The van der Waals surface area contributed by atoms with Gasteiger partial charge in [0.2, 0.25) is 11.9 Å². The standard InChI is InChI=1S/C26H21N5O3/c1-17-14-24(32)29-26(27-17)31-23(16-21(30-31)22-8-5-13-34-22)28-25(33)15-18-9-11-20(12-10-18)19-6-3-2-4-7-19/h2-14,16H,15H2,1H3,(H,28,33)(H,27,29,32). The van der Waals surface area contributed by atoms with Gasteiger partial charge in [0.1, 0.15) is 11.5 Å². The molecule has 3 heterocycles. The first kappa shape index (κ1) is 21.1. The van der Waals surface area contributed by atoms with Crippen molar-refractivity contribution in [2.24, 2.45) is 0 Å². The molecule has 0 spiro atoms. The molecule has 0 aliphatic rings. The van der Waals surface area contributed by atoms with Gasteiger partial charge in [-0.3, -0.25) is 14.6 Å². The summed E-state index contributed by atoms with van der Waals surface area (Å²) in [6.45, 7) is 1.72. The van der Waals surface area contributed by atoms with Crippen LogP contribution in [0.1, 0.15) is 11.3 Å². The highest BCUT2D eigenvalue weighted by Gasteiger charge is 2.17. The summed E-state index contributed by atoms with van der Waals surface area (Å²) < 4.78 is 6.83. The van der Waals surface area contributed by atoms with Crippen LogP contribution >= 0.6 is 0 Å². The summed E-state index contributed by atoms with van der Waals surface area (Å²) in [7, 11) is 0. The fourth-order valence-electron chi connectivity index (χ4n) is 3.66. The molecule has 168 valence electrons. The molecule has 34 heavy (non-hydrogen) atoms. The van der Waals surface area contributed by atoms with Crippen LogP contribution in [0.15, 0.2) is 94.3 Å². The molecule has 3 aromatic heterocycles. The number of rotatable bonds is 6. The van der Waals surface area contributed by atoms with E-state index in [1.165, 1.54) is 10.7 Å². The third-order valence-electron chi connectivity index (χ3n) is 5.23. The fraction of sp³-hybridized carbons (Fsp3) is 0.0769. The van der Waals surface area contributed by atoms with Crippen molar-refractivity contribution in [2.75, 3.05) is 5.32 Å². The van der Waals surface area contributed by atoms with E-state index in [-0.39, 0.29) is 23.8 Å². The van der Waals surface area contributed by atoms with Crippen LogP contribution in [0, 0.1) is 6.92 Å². The van der Waals surface area contributed by atoms with Gasteiger partial charge in [-0.2, -0.15) is 9.78 Å². The third-order valence-corrected chi connectivity index (χ3v) is 5.23. The SMILES string of the molecule is Cc1cc(=O)[nH]c(-n2nc(-c3ccco3)cc2NC(=O)Cc2ccc(-c3ccccc3)cc2)n1. The Bertz CT molecular complexity index is 1480. The molecule has 0 saturated heterocycles. The van der Waals surface area contributed by atoms with Crippen molar-refractivity contribution in [3.05, 3.63) is 107 Å². The quantitative estimate of drug-likeness (QED) is 0.399. The molecule has 0 atom stereocenters. The number of aryl methyl sites for hydroxylation is 1. The van der Waals surface area contributed by atoms with Crippen molar-refractivity contribution >= 4 is 11.7 Å². The number of nitrogens with one attached hydrogen (secondary N) is 2. The highest BCUT2D eigenvalue weighted by molar-refractivity contribution is 5.92. The molecule has 0 fully saturated rings. The molecule has 5 aromatic rings. The van der Waals surface area contributed by atoms with E-state index in [1.807, 2.05) is 54.6 Å². The van der Waals surface area contributed by atoms with Gasteiger partial charge in [0.25, 0.3) is 5.56 Å². The van der Waals surface area contributed by atoms with Crippen molar-refractivity contribution in [2.45, 2.75) is 13.3 Å². The second kappa shape index (κ2) is 9.03. The molecular formula is C26H21N5O3. The van der Waals surface area contributed by atoms with Crippen molar-refractivity contribution in [3.63, 3.8) is 0 Å². The maximum Gasteiger partial charge on any atom is 0.252 e. The van der Waals surface area contributed by atoms with E-state index in [2.05, 4.69) is 20.4 Å². The van der Waals surface area contributed by atoms with E-state index in [1.54, 1.807) is 31.4 Å². The predicted molar refractivity (Wildman–Crippen MR) is 129 cm³/mol. The molecule has 8 nitrogen and oxygen atoms in total. The molecule has 8 heteroatoms. The number of anilines is 1. The number of benzene rings is 2. The third kappa shape index (κ3) is 4.56. The Morgan fingerprint density at radius 1 is 1.00 bits per heavy atom. The lowest BCUT2D eigenvalue weighted by molar-refractivity contribution is -0.115. The van der Waals surface area contributed by atoms with Crippen molar-refractivity contribution in [3.8, 4) is 28.5 Å². The van der Waals surface area contributed by atoms with Crippen LogP contribution < -0.4 is 10.9 Å². The molecule has 2 N–H and O–H groups in total. The van der Waals surface area contributed by atoms with E-state index >= 15 is 0 Å². The average molecular weight is 451 g/mol. The predicted octanol–water partition coefficient (Wildman–Crippen LogP) is 4.37. The van der Waals surface area contributed by atoms with Crippen LogP contribution in [0.5, 0.6) is 0 Å². The smallest absolute Gasteiger partial charge is 0.252 e. The number of nitrogens with zero attached hydrogens (tertiary/aromatic N) is 3. The van der Waals surface area contributed by atoms with E-state index in [0.29, 0.717) is 23.0 Å². The number of carbonyl (C=O) groups excluding carboxylic acids is 1. The van der Waals surface area contributed by atoms with Gasteiger partial charge in [0.05, 0.1) is 12.7 Å². The number of hydrogen-bond donors (Lipinski definition) is 2. The number of amides is 1. The highest BCUT2D eigenvalue weighted by Crippen LogP contribution is 2.24. The summed E-state index contributed by atoms with van der Waals surface area (Å²) in [4.78, 5) is 31.9. The van der Waals surface area contributed by atoms with Gasteiger partial charge in [-0.15, -0.1) is 0 Å². The molecular weight excluding hydrogens is 430 g/mol. The van der Waals surface area contributed by atoms with Crippen LogP contribution in [0.2, 0.25) is 0 Å². The summed E-state index contributed by atoms with van der Waals surface area (Å²) >= 11 is 0. The monoisotopic (exact) mass is 451 g/mol. The first-order chi connectivity index (χ1) is 16.5. The lowest BCUT2D eigenvalue weighted by Gasteiger charge is -2.09. The Balaban J connectivity index is 1.40.